The van der Waals surface area contributed by atoms with Crippen LogP contribution in [-0.4, -0.2) is 11.9 Å². The van der Waals surface area contributed by atoms with Gasteiger partial charge in [0.2, 0.25) is 0 Å². The second kappa shape index (κ2) is 9.61. The number of nitrogens with one attached hydrogen (secondary N) is 2. The summed E-state index contributed by atoms with van der Waals surface area (Å²) in [6.07, 6.45) is 0. The summed E-state index contributed by atoms with van der Waals surface area (Å²) in [5, 5.41) is 5.43. The normalized spacial score (nSPS) is 11.5. The number of nitrogens with zero attached hydrogens (tertiary/aromatic N) is 1. The number of rotatable bonds is 5. The molecule has 0 fully saturated rings. The zero-order valence-corrected chi connectivity index (χ0v) is 17.8. The number of hydrogen-bond donors (Lipinski definition) is 3. The molecule has 8 heteroatoms. The van der Waals surface area contributed by atoms with Crippen molar-refractivity contribution in [2.75, 3.05) is 9.62 Å². The van der Waals surface area contributed by atoms with E-state index in [2.05, 4.69) is 23.4 Å². The molecule has 160 valence electrons. The maximum Gasteiger partial charge on any atom is 0.332 e. The zero-order valence-electron chi connectivity index (χ0n) is 16.9. The maximum absolute atomic E-state index is 13.8. The van der Waals surface area contributed by atoms with Gasteiger partial charge in [-0.3, -0.25) is 4.79 Å². The van der Waals surface area contributed by atoms with Gasteiger partial charge >= 0.3 is 6.03 Å². The van der Waals surface area contributed by atoms with Crippen LogP contribution in [0.5, 0.6) is 0 Å². The van der Waals surface area contributed by atoms with Crippen LogP contribution in [0.15, 0.2) is 66.7 Å². The van der Waals surface area contributed by atoms with E-state index in [1.807, 2.05) is 0 Å². The third kappa shape index (κ3) is 5.40. The lowest BCUT2D eigenvalue weighted by Crippen LogP contribution is -2.36. The number of thiol groups is 1. The van der Waals surface area contributed by atoms with E-state index >= 15 is 0 Å². The summed E-state index contributed by atoms with van der Waals surface area (Å²) in [4.78, 5) is 24.9. The van der Waals surface area contributed by atoms with Crippen LogP contribution in [0.1, 0.15) is 34.5 Å². The van der Waals surface area contributed by atoms with E-state index in [4.69, 9.17) is 0 Å². The molecule has 0 bridgehead atoms. The minimum atomic E-state index is -0.609. The molecule has 0 aromatic heterocycles. The zero-order chi connectivity index (χ0) is 22.5. The van der Waals surface area contributed by atoms with E-state index in [0.29, 0.717) is 16.9 Å². The molecule has 1 atom stereocenters. The van der Waals surface area contributed by atoms with Crippen molar-refractivity contribution in [2.24, 2.45) is 0 Å². The van der Waals surface area contributed by atoms with Gasteiger partial charge in [0.15, 0.2) is 0 Å². The van der Waals surface area contributed by atoms with Crippen molar-refractivity contribution < 1.29 is 18.4 Å². The van der Waals surface area contributed by atoms with Gasteiger partial charge in [0.05, 0.1) is 17.3 Å². The van der Waals surface area contributed by atoms with Crippen LogP contribution in [0.3, 0.4) is 0 Å². The Morgan fingerprint density at radius 1 is 1.00 bits per heavy atom. The van der Waals surface area contributed by atoms with Crippen molar-refractivity contribution in [2.45, 2.75) is 19.9 Å². The quantitative estimate of drug-likeness (QED) is 0.448. The van der Waals surface area contributed by atoms with Crippen LogP contribution in [-0.2, 0) is 0 Å². The first kappa shape index (κ1) is 22.3. The Morgan fingerprint density at radius 3 is 2.32 bits per heavy atom. The number of aryl methyl sites for hydroxylation is 1. The highest BCUT2D eigenvalue weighted by Crippen LogP contribution is 2.26. The van der Waals surface area contributed by atoms with E-state index in [0.717, 1.165) is 9.87 Å². The average molecular weight is 442 g/mol. The standard InChI is InChI=1S/C23H21F2N3O2S/c1-14-13-18(27-22(29)19-5-3-4-6-20(19)25)11-12-21(14)28(31)23(30)26-15(2)16-7-9-17(24)10-8-16/h3-13,15,31H,1-2H3,(H,26,30)(H,27,29). The molecule has 5 nitrogen and oxygen atoms in total. The molecule has 0 aliphatic carbocycles. The Bertz CT molecular complexity index is 1110. The molecule has 3 amide bonds. The summed E-state index contributed by atoms with van der Waals surface area (Å²) in [5.41, 5.74) is 2.33. The summed E-state index contributed by atoms with van der Waals surface area (Å²) >= 11 is 4.29. The van der Waals surface area contributed by atoms with Crippen LogP contribution in [0, 0.1) is 18.6 Å². The van der Waals surface area contributed by atoms with Gasteiger partial charge in [-0.2, -0.15) is 0 Å². The van der Waals surface area contributed by atoms with Crippen LogP contribution < -0.4 is 14.9 Å². The first-order valence-corrected chi connectivity index (χ1v) is 9.87. The molecule has 0 saturated heterocycles. The fourth-order valence-corrected chi connectivity index (χ4v) is 3.29. The predicted octanol–water partition coefficient (Wildman–Crippen LogP) is 5.65. The molecule has 2 N–H and O–H groups in total. The largest absolute Gasteiger partial charge is 0.332 e. The van der Waals surface area contributed by atoms with Gasteiger partial charge in [-0.15, -0.1) is 0 Å². The van der Waals surface area contributed by atoms with E-state index in [1.54, 1.807) is 50.2 Å². The second-order valence-electron chi connectivity index (χ2n) is 6.97. The molecule has 3 rings (SSSR count). The Balaban J connectivity index is 1.68. The van der Waals surface area contributed by atoms with Gasteiger partial charge in [-0.05, 0) is 67.4 Å². The first-order valence-electron chi connectivity index (χ1n) is 9.47. The molecule has 0 saturated carbocycles. The van der Waals surface area contributed by atoms with E-state index in [-0.39, 0.29) is 17.4 Å². The van der Waals surface area contributed by atoms with Gasteiger partial charge < -0.3 is 10.6 Å². The Labute approximate surface area is 184 Å². The van der Waals surface area contributed by atoms with Crippen LogP contribution in [0.4, 0.5) is 25.0 Å². The fourth-order valence-electron chi connectivity index (χ4n) is 3.01. The van der Waals surface area contributed by atoms with Crippen LogP contribution in [0.25, 0.3) is 0 Å². The SMILES string of the molecule is Cc1cc(NC(=O)c2ccccc2F)ccc1N(S)C(=O)NC(C)c1ccc(F)cc1. The average Bonchev–Trinajstić information content (AvgIpc) is 2.74. The maximum atomic E-state index is 13.8. The lowest BCUT2D eigenvalue weighted by molar-refractivity contribution is 0.102. The van der Waals surface area contributed by atoms with E-state index < -0.39 is 17.8 Å². The highest BCUT2D eigenvalue weighted by atomic mass is 32.1. The molecular formula is C23H21F2N3O2S. The molecule has 0 radical (unpaired) electrons. The summed E-state index contributed by atoms with van der Waals surface area (Å²) in [5.74, 6) is -1.53. The van der Waals surface area contributed by atoms with Crippen molar-refractivity contribution in [3.63, 3.8) is 0 Å². The molecule has 0 aliphatic heterocycles. The molecule has 0 aliphatic rings. The van der Waals surface area contributed by atoms with Crippen molar-refractivity contribution in [3.8, 4) is 0 Å². The molecule has 3 aromatic rings. The lowest BCUT2D eigenvalue weighted by Gasteiger charge is -2.22. The number of amides is 3. The van der Waals surface area contributed by atoms with Crippen molar-refractivity contribution in [1.29, 1.82) is 0 Å². The summed E-state index contributed by atoms with van der Waals surface area (Å²) in [6.45, 7) is 3.54. The Hall–Kier alpha value is -3.39. The predicted molar refractivity (Wildman–Crippen MR) is 120 cm³/mol. The molecular weight excluding hydrogens is 420 g/mol. The van der Waals surface area contributed by atoms with Crippen LogP contribution >= 0.6 is 12.8 Å². The summed E-state index contributed by atoms with van der Waals surface area (Å²) in [7, 11) is 0. The van der Waals surface area contributed by atoms with Gasteiger partial charge in [-0.1, -0.05) is 37.1 Å². The number of urea groups is 1. The van der Waals surface area contributed by atoms with Crippen molar-refractivity contribution >= 4 is 36.1 Å². The lowest BCUT2D eigenvalue weighted by atomic mass is 10.1. The monoisotopic (exact) mass is 441 g/mol. The molecule has 31 heavy (non-hydrogen) atoms. The fraction of sp³-hybridized carbons (Fsp3) is 0.130. The Kier molecular flexibility index (Phi) is 6.91. The summed E-state index contributed by atoms with van der Waals surface area (Å²) in [6, 6.07) is 15.6. The minimum absolute atomic E-state index is 0.0609. The van der Waals surface area contributed by atoms with Crippen molar-refractivity contribution in [3.05, 3.63) is 95.1 Å². The topological polar surface area (TPSA) is 61.4 Å². The van der Waals surface area contributed by atoms with Crippen LogP contribution in [0.2, 0.25) is 0 Å². The molecule has 0 heterocycles. The number of anilines is 2. The number of hydrogen-bond acceptors (Lipinski definition) is 3. The molecule has 1 unspecified atom stereocenters. The van der Waals surface area contributed by atoms with E-state index in [9.17, 15) is 18.4 Å². The number of halogens is 2. The highest BCUT2D eigenvalue weighted by Gasteiger charge is 2.18. The number of carbonyl (C=O) groups excluding carboxylic acids is 2. The second-order valence-corrected chi connectivity index (χ2v) is 7.37. The van der Waals surface area contributed by atoms with E-state index in [1.165, 1.54) is 30.3 Å². The number of benzene rings is 3. The summed E-state index contributed by atoms with van der Waals surface area (Å²) < 4.78 is 28.0. The van der Waals surface area contributed by atoms with Gasteiger partial charge in [0.25, 0.3) is 5.91 Å². The third-order valence-electron chi connectivity index (χ3n) is 4.70. The van der Waals surface area contributed by atoms with Crippen molar-refractivity contribution in [1.82, 2.24) is 5.32 Å². The molecule has 3 aromatic carbocycles. The first-order chi connectivity index (χ1) is 14.8. The van der Waals surface area contributed by atoms with Gasteiger partial charge in [0.1, 0.15) is 11.6 Å². The number of carbonyl (C=O) groups is 2. The third-order valence-corrected chi connectivity index (χ3v) is 5.10. The van der Waals surface area contributed by atoms with Gasteiger partial charge in [-0.25, -0.2) is 17.9 Å². The van der Waals surface area contributed by atoms with Gasteiger partial charge in [0, 0.05) is 5.69 Å². The highest BCUT2D eigenvalue weighted by molar-refractivity contribution is 7.82. The Morgan fingerprint density at radius 2 is 1.68 bits per heavy atom. The smallest absolute Gasteiger partial charge is 0.330 e. The molecule has 0 spiro atoms. The minimum Gasteiger partial charge on any atom is -0.330 e.